The zero-order chi connectivity index (χ0) is 25.3. The Bertz CT molecular complexity index is 1040. The zero-order valence-corrected chi connectivity index (χ0v) is 19.1. The molecule has 1 aliphatic rings. The lowest BCUT2D eigenvalue weighted by Gasteiger charge is -2.31. The molecule has 1 fully saturated rings. The number of nitrogens with one attached hydrogen (secondary N) is 2. The molecule has 1 heterocycles. The minimum absolute atomic E-state index is 0.0449. The molecule has 2 amide bonds. The summed E-state index contributed by atoms with van der Waals surface area (Å²) in [5, 5.41) is 4.61. The molecule has 34 heavy (non-hydrogen) atoms. The Balaban J connectivity index is 1.95. The van der Waals surface area contributed by atoms with Gasteiger partial charge in [0, 0.05) is 28.8 Å². The second-order valence-electron chi connectivity index (χ2n) is 7.51. The molecular formula is C21H19Cl2F6N3O2. The minimum Gasteiger partial charge on any atom is -0.345 e. The maximum Gasteiger partial charge on any atom is 0.423 e. The number of amides is 2. The quantitative estimate of drug-likeness (QED) is 0.461. The number of anilines is 1. The van der Waals surface area contributed by atoms with Gasteiger partial charge in [0.05, 0.1) is 12.1 Å². The summed E-state index contributed by atoms with van der Waals surface area (Å²) in [6.45, 7) is 0.0555. The second-order valence-corrected chi connectivity index (χ2v) is 8.38. The number of carbonyl (C=O) groups excluding carboxylic acids is 1. The largest absolute Gasteiger partial charge is 0.423 e. The van der Waals surface area contributed by atoms with Crippen LogP contribution in [0, 0.1) is 0 Å². The number of carbonyl (C=O) groups is 1. The molecule has 186 valence electrons. The van der Waals surface area contributed by atoms with Crippen LogP contribution in [0.1, 0.15) is 23.6 Å². The van der Waals surface area contributed by atoms with E-state index in [2.05, 4.69) is 10.6 Å². The molecule has 5 nitrogen and oxygen atoms in total. The van der Waals surface area contributed by atoms with E-state index in [4.69, 9.17) is 27.9 Å². The monoisotopic (exact) mass is 529 g/mol. The van der Waals surface area contributed by atoms with E-state index < -0.39 is 49.4 Å². The van der Waals surface area contributed by atoms with E-state index in [1.54, 1.807) is 6.92 Å². The molecule has 2 aromatic carbocycles. The number of halogens is 8. The average molecular weight is 530 g/mol. The topological polar surface area (TPSA) is 53.6 Å². The summed E-state index contributed by atoms with van der Waals surface area (Å²) in [5.74, 6) is 0. The molecule has 1 atom stereocenters. The van der Waals surface area contributed by atoms with Crippen molar-refractivity contribution in [1.82, 2.24) is 10.6 Å². The third-order valence-corrected chi connectivity index (χ3v) is 5.64. The van der Waals surface area contributed by atoms with Crippen molar-refractivity contribution < 1.29 is 35.9 Å². The van der Waals surface area contributed by atoms with Crippen LogP contribution in [0.2, 0.25) is 10.0 Å². The number of nitrogens with zero attached hydrogens (tertiary/aromatic N) is 1. The summed E-state index contributed by atoms with van der Waals surface area (Å²) >= 11 is 11.7. The van der Waals surface area contributed by atoms with Gasteiger partial charge >= 0.3 is 18.4 Å². The van der Waals surface area contributed by atoms with Gasteiger partial charge in [-0.2, -0.15) is 26.3 Å². The lowest BCUT2D eigenvalue weighted by atomic mass is 9.92. The molecule has 0 aliphatic carbocycles. The van der Waals surface area contributed by atoms with Gasteiger partial charge in [-0.25, -0.2) is 4.79 Å². The Hall–Kier alpha value is -2.37. The Morgan fingerprint density at radius 1 is 1.06 bits per heavy atom. The first-order valence-corrected chi connectivity index (χ1v) is 10.7. The van der Waals surface area contributed by atoms with Gasteiger partial charge in [0.15, 0.2) is 0 Å². The smallest absolute Gasteiger partial charge is 0.345 e. The summed E-state index contributed by atoms with van der Waals surface area (Å²) in [7, 11) is 0. The number of rotatable bonds is 5. The van der Waals surface area contributed by atoms with Crippen molar-refractivity contribution in [3.63, 3.8) is 0 Å². The van der Waals surface area contributed by atoms with Crippen molar-refractivity contribution in [3.05, 3.63) is 63.1 Å². The molecule has 2 aromatic rings. The highest BCUT2D eigenvalue weighted by molar-refractivity contribution is 6.34. The van der Waals surface area contributed by atoms with Crippen molar-refractivity contribution in [2.75, 3.05) is 24.7 Å². The Labute approximate surface area is 201 Å². The molecule has 0 saturated carbocycles. The van der Waals surface area contributed by atoms with Gasteiger partial charge in [-0.05, 0) is 48.4 Å². The summed E-state index contributed by atoms with van der Waals surface area (Å²) in [4.78, 5) is 12.6. The van der Waals surface area contributed by atoms with Gasteiger partial charge in [0.2, 0.25) is 5.60 Å². The molecule has 2 N–H and O–H groups in total. The van der Waals surface area contributed by atoms with Crippen LogP contribution in [0.5, 0.6) is 0 Å². The van der Waals surface area contributed by atoms with Crippen molar-refractivity contribution in [2.45, 2.75) is 31.4 Å². The fourth-order valence-electron chi connectivity index (χ4n) is 3.59. The lowest BCUT2D eigenvalue weighted by molar-refractivity contribution is -0.264. The first-order valence-electron chi connectivity index (χ1n) is 9.91. The number of ether oxygens (including phenoxy) is 1. The molecule has 13 heteroatoms. The SMILES string of the molecule is CCNC(=O)NCc1ccc(N2COC(c3cc(Cl)cc(Cl)c3)(C(F)(F)F)C2)cc1C(F)(F)F. The van der Waals surface area contributed by atoms with E-state index in [1.165, 1.54) is 12.1 Å². The van der Waals surface area contributed by atoms with Gasteiger partial charge in [0.1, 0.15) is 6.73 Å². The van der Waals surface area contributed by atoms with Crippen molar-refractivity contribution in [2.24, 2.45) is 0 Å². The molecule has 0 spiro atoms. The fourth-order valence-corrected chi connectivity index (χ4v) is 4.11. The van der Waals surface area contributed by atoms with Crippen LogP contribution in [0.15, 0.2) is 36.4 Å². The summed E-state index contributed by atoms with van der Waals surface area (Å²) in [6.07, 6.45) is -9.73. The number of benzene rings is 2. The van der Waals surface area contributed by atoms with Crippen LogP contribution in [-0.4, -0.2) is 32.0 Å². The van der Waals surface area contributed by atoms with Gasteiger partial charge in [-0.15, -0.1) is 0 Å². The highest BCUT2D eigenvalue weighted by Crippen LogP contribution is 2.48. The maximum atomic E-state index is 14.2. The summed E-state index contributed by atoms with van der Waals surface area (Å²) in [6, 6.07) is 5.80. The second kappa shape index (κ2) is 9.71. The van der Waals surface area contributed by atoms with E-state index >= 15 is 0 Å². The normalized spacial score (nSPS) is 18.8. The molecule has 0 aromatic heterocycles. The van der Waals surface area contributed by atoms with E-state index in [9.17, 15) is 31.1 Å². The van der Waals surface area contributed by atoms with Crippen molar-refractivity contribution in [3.8, 4) is 0 Å². The Morgan fingerprint density at radius 2 is 1.71 bits per heavy atom. The number of hydrogen-bond acceptors (Lipinski definition) is 3. The van der Waals surface area contributed by atoms with E-state index in [-0.39, 0.29) is 33.4 Å². The van der Waals surface area contributed by atoms with Crippen LogP contribution in [0.25, 0.3) is 0 Å². The molecule has 1 saturated heterocycles. The Morgan fingerprint density at radius 3 is 2.26 bits per heavy atom. The molecule has 1 unspecified atom stereocenters. The summed E-state index contributed by atoms with van der Waals surface area (Å²) < 4.78 is 88.7. The molecule has 0 bridgehead atoms. The van der Waals surface area contributed by atoms with Crippen molar-refractivity contribution >= 4 is 34.9 Å². The Kier molecular flexibility index (Phi) is 7.49. The number of hydrogen-bond donors (Lipinski definition) is 2. The first kappa shape index (κ1) is 26.2. The van der Waals surface area contributed by atoms with E-state index in [1.807, 2.05) is 0 Å². The molecule has 1 aliphatic heterocycles. The summed E-state index contributed by atoms with van der Waals surface area (Å²) in [5.41, 5.74) is -4.67. The van der Waals surface area contributed by atoms with Crippen LogP contribution >= 0.6 is 23.2 Å². The zero-order valence-electron chi connectivity index (χ0n) is 17.6. The van der Waals surface area contributed by atoms with Gasteiger partial charge in [0.25, 0.3) is 0 Å². The predicted octanol–water partition coefficient (Wildman–Crippen LogP) is 6.08. The number of urea groups is 1. The molecule has 3 rings (SSSR count). The standard InChI is InChI=1S/C21H19Cl2F6N3O2/c1-2-30-18(33)31-9-12-3-4-16(8-17(12)20(24,25)26)32-10-19(34-11-32,21(27,28)29)13-5-14(22)7-15(23)6-13/h3-8H,2,9-11H2,1H3,(H2,30,31,33). The van der Waals surface area contributed by atoms with Crippen LogP contribution in [-0.2, 0) is 23.1 Å². The first-order chi connectivity index (χ1) is 15.8. The van der Waals surface area contributed by atoms with Gasteiger partial charge < -0.3 is 20.3 Å². The highest BCUT2D eigenvalue weighted by atomic mass is 35.5. The number of alkyl halides is 6. The minimum atomic E-state index is -4.92. The average Bonchev–Trinajstić information content (AvgIpc) is 3.18. The van der Waals surface area contributed by atoms with Crippen molar-refractivity contribution in [1.29, 1.82) is 0 Å². The van der Waals surface area contributed by atoms with E-state index in [0.29, 0.717) is 0 Å². The van der Waals surface area contributed by atoms with Gasteiger partial charge in [-0.1, -0.05) is 29.3 Å². The fraction of sp³-hybridized carbons (Fsp3) is 0.381. The van der Waals surface area contributed by atoms with Gasteiger partial charge in [-0.3, -0.25) is 0 Å². The maximum absolute atomic E-state index is 14.2. The van der Waals surface area contributed by atoms with Crippen LogP contribution in [0.3, 0.4) is 0 Å². The third kappa shape index (κ3) is 5.47. The van der Waals surface area contributed by atoms with Crippen LogP contribution in [0.4, 0.5) is 36.8 Å². The molecule has 0 radical (unpaired) electrons. The predicted molar refractivity (Wildman–Crippen MR) is 115 cm³/mol. The highest BCUT2D eigenvalue weighted by Gasteiger charge is 2.61. The van der Waals surface area contributed by atoms with E-state index in [0.717, 1.165) is 29.2 Å². The molecular weight excluding hydrogens is 511 g/mol. The lowest BCUT2D eigenvalue weighted by Crippen LogP contribution is -2.46. The third-order valence-electron chi connectivity index (χ3n) is 5.21. The van der Waals surface area contributed by atoms with Crippen LogP contribution < -0.4 is 15.5 Å².